The molecule has 0 saturated carbocycles. The molecule has 0 fully saturated rings. The van der Waals surface area contributed by atoms with Gasteiger partial charge >= 0.3 is 0 Å². The van der Waals surface area contributed by atoms with Gasteiger partial charge in [-0.3, -0.25) is 0 Å². The number of hydrogen-bond donors (Lipinski definition) is 0. The predicted molar refractivity (Wildman–Crippen MR) is 62.5 cm³/mol. The molecule has 0 saturated heterocycles. The first-order valence-electron chi connectivity index (χ1n) is 4.92. The van der Waals surface area contributed by atoms with E-state index in [0.29, 0.717) is 0 Å². The molecule has 1 aromatic carbocycles. The third-order valence-electron chi connectivity index (χ3n) is 2.18. The molecule has 0 aliphatic rings. The van der Waals surface area contributed by atoms with Crippen molar-refractivity contribution in [3.8, 4) is 6.07 Å². The SMILES string of the molecule is N#Cc1ccc(CCCCCBr)cc1. The van der Waals surface area contributed by atoms with E-state index in [9.17, 15) is 0 Å². The summed E-state index contributed by atoms with van der Waals surface area (Å²) in [5, 5.41) is 9.72. The van der Waals surface area contributed by atoms with E-state index in [1.165, 1.54) is 24.8 Å². The highest BCUT2D eigenvalue weighted by Gasteiger charge is 1.94. The maximum absolute atomic E-state index is 8.62. The lowest BCUT2D eigenvalue weighted by Gasteiger charge is -2.00. The van der Waals surface area contributed by atoms with Crippen LogP contribution >= 0.6 is 15.9 Å². The molecule has 0 spiro atoms. The zero-order chi connectivity index (χ0) is 10.2. The topological polar surface area (TPSA) is 23.8 Å². The average molecular weight is 252 g/mol. The first kappa shape index (κ1) is 11.3. The van der Waals surface area contributed by atoms with E-state index in [1.807, 2.05) is 24.3 Å². The molecule has 0 amide bonds. The van der Waals surface area contributed by atoms with E-state index in [0.717, 1.165) is 17.3 Å². The lowest BCUT2D eigenvalue weighted by molar-refractivity contribution is 0.724. The maximum atomic E-state index is 8.62. The Hall–Kier alpha value is -0.810. The van der Waals surface area contributed by atoms with Crippen LogP contribution in [0.4, 0.5) is 0 Å². The third kappa shape index (κ3) is 3.93. The summed E-state index contributed by atoms with van der Waals surface area (Å²) < 4.78 is 0. The Morgan fingerprint density at radius 3 is 2.36 bits per heavy atom. The van der Waals surface area contributed by atoms with Crippen LogP contribution in [-0.2, 0) is 6.42 Å². The fourth-order valence-electron chi connectivity index (χ4n) is 1.35. The summed E-state index contributed by atoms with van der Waals surface area (Å²) in [6.07, 6.45) is 4.87. The summed E-state index contributed by atoms with van der Waals surface area (Å²) in [7, 11) is 0. The zero-order valence-electron chi connectivity index (χ0n) is 8.17. The zero-order valence-corrected chi connectivity index (χ0v) is 9.76. The number of halogens is 1. The summed E-state index contributed by atoms with van der Waals surface area (Å²) in [4.78, 5) is 0. The summed E-state index contributed by atoms with van der Waals surface area (Å²) in [5.74, 6) is 0. The van der Waals surface area contributed by atoms with E-state index in [-0.39, 0.29) is 0 Å². The lowest BCUT2D eigenvalue weighted by Crippen LogP contribution is -1.86. The number of rotatable bonds is 5. The van der Waals surface area contributed by atoms with Gasteiger partial charge in [-0.25, -0.2) is 0 Å². The van der Waals surface area contributed by atoms with Crippen molar-refractivity contribution in [2.24, 2.45) is 0 Å². The minimum absolute atomic E-state index is 0.745. The number of alkyl halides is 1. The number of nitriles is 1. The van der Waals surface area contributed by atoms with Gasteiger partial charge in [-0.05, 0) is 37.0 Å². The molecule has 0 unspecified atom stereocenters. The molecule has 0 N–H and O–H groups in total. The highest BCUT2D eigenvalue weighted by atomic mass is 79.9. The van der Waals surface area contributed by atoms with Gasteiger partial charge in [0.05, 0.1) is 11.6 Å². The van der Waals surface area contributed by atoms with Crippen LogP contribution in [0.25, 0.3) is 0 Å². The van der Waals surface area contributed by atoms with Crippen molar-refractivity contribution < 1.29 is 0 Å². The smallest absolute Gasteiger partial charge is 0.0991 e. The summed E-state index contributed by atoms with van der Waals surface area (Å²) in [6, 6.07) is 10.00. The largest absolute Gasteiger partial charge is 0.192 e. The van der Waals surface area contributed by atoms with Crippen LogP contribution in [0.15, 0.2) is 24.3 Å². The van der Waals surface area contributed by atoms with Crippen molar-refractivity contribution in [3.05, 3.63) is 35.4 Å². The van der Waals surface area contributed by atoms with Gasteiger partial charge in [-0.1, -0.05) is 34.5 Å². The molecule has 0 radical (unpaired) electrons. The highest BCUT2D eigenvalue weighted by molar-refractivity contribution is 9.09. The fraction of sp³-hybridized carbons (Fsp3) is 0.417. The second-order valence-electron chi connectivity index (χ2n) is 3.31. The van der Waals surface area contributed by atoms with E-state index in [1.54, 1.807) is 0 Å². The van der Waals surface area contributed by atoms with Gasteiger partial charge in [0, 0.05) is 5.33 Å². The molecule has 0 aromatic heterocycles. The predicted octanol–water partition coefficient (Wildman–Crippen LogP) is 3.67. The van der Waals surface area contributed by atoms with Crippen LogP contribution < -0.4 is 0 Å². The van der Waals surface area contributed by atoms with Crippen LogP contribution in [0.5, 0.6) is 0 Å². The van der Waals surface area contributed by atoms with Gasteiger partial charge < -0.3 is 0 Å². The number of benzene rings is 1. The van der Waals surface area contributed by atoms with Crippen molar-refractivity contribution >= 4 is 15.9 Å². The van der Waals surface area contributed by atoms with Crippen LogP contribution in [0.1, 0.15) is 30.4 Å². The molecule has 1 rings (SSSR count). The molecule has 0 heterocycles. The quantitative estimate of drug-likeness (QED) is 0.579. The molecule has 0 atom stereocenters. The van der Waals surface area contributed by atoms with Crippen LogP contribution in [0.3, 0.4) is 0 Å². The number of hydrogen-bond acceptors (Lipinski definition) is 1. The maximum Gasteiger partial charge on any atom is 0.0991 e. The van der Waals surface area contributed by atoms with E-state index in [4.69, 9.17) is 5.26 Å². The third-order valence-corrected chi connectivity index (χ3v) is 2.74. The van der Waals surface area contributed by atoms with Gasteiger partial charge in [-0.2, -0.15) is 5.26 Å². The molecule has 14 heavy (non-hydrogen) atoms. The molecule has 2 heteroatoms. The Morgan fingerprint density at radius 2 is 1.79 bits per heavy atom. The van der Waals surface area contributed by atoms with Gasteiger partial charge in [0.1, 0.15) is 0 Å². The number of unbranched alkanes of at least 4 members (excludes halogenated alkanes) is 2. The second-order valence-corrected chi connectivity index (χ2v) is 4.10. The van der Waals surface area contributed by atoms with Gasteiger partial charge in [0.15, 0.2) is 0 Å². The molecule has 1 nitrogen and oxygen atoms in total. The fourth-order valence-corrected chi connectivity index (χ4v) is 1.74. The molecule has 0 bridgehead atoms. The minimum Gasteiger partial charge on any atom is -0.192 e. The Morgan fingerprint density at radius 1 is 1.07 bits per heavy atom. The molecule has 0 aliphatic heterocycles. The Kier molecular flexibility index (Phi) is 5.32. The Bertz CT molecular complexity index is 297. The molecule has 1 aromatic rings. The minimum atomic E-state index is 0.745. The van der Waals surface area contributed by atoms with Crippen molar-refractivity contribution in [2.45, 2.75) is 25.7 Å². The van der Waals surface area contributed by atoms with Gasteiger partial charge in [-0.15, -0.1) is 0 Å². The van der Waals surface area contributed by atoms with E-state index in [2.05, 4.69) is 22.0 Å². The van der Waals surface area contributed by atoms with Crippen LogP contribution in [0.2, 0.25) is 0 Å². The van der Waals surface area contributed by atoms with E-state index >= 15 is 0 Å². The van der Waals surface area contributed by atoms with Crippen molar-refractivity contribution in [3.63, 3.8) is 0 Å². The van der Waals surface area contributed by atoms with E-state index < -0.39 is 0 Å². The van der Waals surface area contributed by atoms with Gasteiger partial charge in [0.2, 0.25) is 0 Å². The van der Waals surface area contributed by atoms with Crippen molar-refractivity contribution in [1.82, 2.24) is 0 Å². The van der Waals surface area contributed by atoms with Crippen LogP contribution in [-0.4, -0.2) is 5.33 Å². The first-order valence-corrected chi connectivity index (χ1v) is 6.04. The molecular formula is C12H14BrN. The standard InChI is InChI=1S/C12H14BrN/c13-9-3-1-2-4-11-5-7-12(10-14)8-6-11/h5-8H,1-4,9H2. The molecular weight excluding hydrogens is 238 g/mol. The second kappa shape index (κ2) is 6.62. The van der Waals surface area contributed by atoms with Crippen molar-refractivity contribution in [2.75, 3.05) is 5.33 Å². The summed E-state index contributed by atoms with van der Waals surface area (Å²) in [5.41, 5.74) is 2.08. The first-order chi connectivity index (χ1) is 6.86. The Balaban J connectivity index is 2.33. The average Bonchev–Trinajstić information content (AvgIpc) is 2.25. The molecule has 0 aliphatic carbocycles. The summed E-state index contributed by atoms with van der Waals surface area (Å²) >= 11 is 3.42. The Labute approximate surface area is 93.9 Å². The molecule has 74 valence electrons. The monoisotopic (exact) mass is 251 g/mol. The highest BCUT2D eigenvalue weighted by Crippen LogP contribution is 2.08. The lowest BCUT2D eigenvalue weighted by atomic mass is 10.1. The summed E-state index contributed by atoms with van der Waals surface area (Å²) in [6.45, 7) is 0. The van der Waals surface area contributed by atoms with Crippen molar-refractivity contribution in [1.29, 1.82) is 5.26 Å². The number of nitrogens with zero attached hydrogens (tertiary/aromatic N) is 1. The normalized spacial score (nSPS) is 9.71. The van der Waals surface area contributed by atoms with Gasteiger partial charge in [0.25, 0.3) is 0 Å². The van der Waals surface area contributed by atoms with Crippen LogP contribution in [0, 0.1) is 11.3 Å². The number of aryl methyl sites for hydroxylation is 1.